The molecule has 0 unspecified atom stereocenters. The summed E-state index contributed by atoms with van der Waals surface area (Å²) < 4.78 is 15.7. The monoisotopic (exact) mass is 358 g/mol. The van der Waals surface area contributed by atoms with Crippen molar-refractivity contribution >= 4 is 18.3 Å². The van der Waals surface area contributed by atoms with Gasteiger partial charge in [-0.05, 0) is 52.0 Å². The highest BCUT2D eigenvalue weighted by Gasteiger charge is 2.15. The summed E-state index contributed by atoms with van der Waals surface area (Å²) in [5.74, 6) is 0.712. The number of rotatable bonds is 5. The van der Waals surface area contributed by atoms with E-state index < -0.39 is 11.7 Å². The molecular formula is C19H22N2O5. The predicted octanol–water partition coefficient (Wildman–Crippen LogP) is 3.98. The minimum Gasteiger partial charge on any atom is -0.462 e. The Morgan fingerprint density at radius 2 is 1.85 bits per heavy atom. The predicted molar refractivity (Wildman–Crippen MR) is 97.1 cm³/mol. The van der Waals surface area contributed by atoms with Gasteiger partial charge in [-0.25, -0.2) is 15.0 Å². The maximum absolute atomic E-state index is 11.6. The molecule has 0 aliphatic heterocycles. The van der Waals surface area contributed by atoms with Gasteiger partial charge in [0.2, 0.25) is 0 Å². The maximum Gasteiger partial charge on any atom is 0.428 e. The highest BCUT2D eigenvalue weighted by Crippen LogP contribution is 2.22. The third-order valence-corrected chi connectivity index (χ3v) is 3.05. The van der Waals surface area contributed by atoms with E-state index in [1.165, 1.54) is 6.21 Å². The van der Waals surface area contributed by atoms with Crippen LogP contribution in [0.4, 0.5) is 4.79 Å². The van der Waals surface area contributed by atoms with Crippen molar-refractivity contribution in [3.63, 3.8) is 0 Å². The van der Waals surface area contributed by atoms with Gasteiger partial charge < -0.3 is 13.9 Å². The number of benzene rings is 1. The average Bonchev–Trinajstić information content (AvgIpc) is 3.02. The minimum absolute atomic E-state index is 0.332. The molecule has 0 aliphatic carbocycles. The molecule has 1 aromatic heterocycles. The van der Waals surface area contributed by atoms with Gasteiger partial charge in [-0.1, -0.05) is 12.1 Å². The van der Waals surface area contributed by atoms with Crippen molar-refractivity contribution in [3.05, 3.63) is 47.7 Å². The lowest BCUT2D eigenvalue weighted by Crippen LogP contribution is -2.29. The zero-order chi connectivity index (χ0) is 19.2. The summed E-state index contributed by atoms with van der Waals surface area (Å²) in [6, 6.07) is 10.4. The van der Waals surface area contributed by atoms with Crippen molar-refractivity contribution in [2.24, 2.45) is 5.10 Å². The second-order valence-electron chi connectivity index (χ2n) is 6.37. The van der Waals surface area contributed by atoms with Gasteiger partial charge in [0.15, 0.2) is 0 Å². The Balaban J connectivity index is 1.98. The minimum atomic E-state index is -0.643. The third-order valence-electron chi connectivity index (χ3n) is 3.05. The van der Waals surface area contributed by atoms with Crippen LogP contribution in [-0.2, 0) is 9.47 Å². The Morgan fingerprint density at radius 1 is 1.15 bits per heavy atom. The molecule has 0 fully saturated rings. The number of esters is 1. The number of ether oxygens (including phenoxy) is 2. The van der Waals surface area contributed by atoms with Gasteiger partial charge in [0.05, 0.1) is 18.4 Å². The number of nitrogens with one attached hydrogen (secondary N) is 1. The number of hydrogen-bond donors (Lipinski definition) is 1. The van der Waals surface area contributed by atoms with Gasteiger partial charge in [-0.3, -0.25) is 0 Å². The van der Waals surface area contributed by atoms with Gasteiger partial charge >= 0.3 is 12.1 Å². The highest BCUT2D eigenvalue weighted by atomic mass is 16.6. The molecule has 1 N–H and O–H groups in total. The molecular weight excluding hydrogens is 336 g/mol. The Kier molecular flexibility index (Phi) is 6.16. The molecule has 0 saturated carbocycles. The lowest BCUT2D eigenvalue weighted by molar-refractivity contribution is 0.0517. The van der Waals surface area contributed by atoms with Crippen LogP contribution in [0, 0.1) is 0 Å². The molecule has 0 bridgehead atoms. The summed E-state index contributed by atoms with van der Waals surface area (Å²) in [6.07, 6.45) is 0.732. The molecule has 0 radical (unpaired) electrons. The van der Waals surface area contributed by atoms with Crippen molar-refractivity contribution < 1.29 is 23.5 Å². The fraction of sp³-hybridized carbons (Fsp3) is 0.316. The van der Waals surface area contributed by atoms with E-state index in [-0.39, 0.29) is 5.97 Å². The summed E-state index contributed by atoms with van der Waals surface area (Å²) in [5, 5.41) is 3.79. The molecule has 26 heavy (non-hydrogen) atoms. The van der Waals surface area contributed by atoms with Crippen LogP contribution in [0.15, 0.2) is 45.9 Å². The van der Waals surface area contributed by atoms with Gasteiger partial charge in [0, 0.05) is 5.56 Å². The van der Waals surface area contributed by atoms with Crippen LogP contribution in [-0.4, -0.2) is 30.5 Å². The van der Waals surface area contributed by atoms with E-state index in [1.54, 1.807) is 64.1 Å². The van der Waals surface area contributed by atoms with Crippen molar-refractivity contribution in [3.8, 4) is 11.3 Å². The molecule has 1 heterocycles. The molecule has 1 amide bonds. The molecule has 2 aromatic rings. The number of nitrogens with zero attached hydrogens (tertiary/aromatic N) is 1. The zero-order valence-corrected chi connectivity index (χ0v) is 15.2. The second-order valence-corrected chi connectivity index (χ2v) is 6.37. The first kappa shape index (κ1) is 19.2. The van der Waals surface area contributed by atoms with Crippen LogP contribution in [0.5, 0.6) is 0 Å². The van der Waals surface area contributed by atoms with E-state index >= 15 is 0 Å². The van der Waals surface area contributed by atoms with Gasteiger partial charge in [0.25, 0.3) is 0 Å². The molecule has 2 rings (SSSR count). The summed E-state index contributed by atoms with van der Waals surface area (Å²) in [7, 11) is 0. The molecule has 0 spiro atoms. The fourth-order valence-electron chi connectivity index (χ4n) is 2.01. The molecule has 0 aliphatic rings. The highest BCUT2D eigenvalue weighted by molar-refractivity contribution is 5.90. The van der Waals surface area contributed by atoms with E-state index in [2.05, 4.69) is 10.5 Å². The topological polar surface area (TPSA) is 90.1 Å². The SMILES string of the molecule is CCOC(=O)c1ccc(-c2ccc(/C=N/NC(=O)OC(C)(C)C)o2)cc1. The lowest BCUT2D eigenvalue weighted by Gasteiger charge is -2.18. The standard InChI is InChI=1S/C19H22N2O5/c1-5-24-17(22)14-8-6-13(7-9-14)16-11-10-15(25-16)12-20-21-18(23)26-19(2,3)4/h6-12H,5H2,1-4H3,(H,21,23)/b20-12+. The Morgan fingerprint density at radius 3 is 2.46 bits per heavy atom. The van der Waals surface area contributed by atoms with Crippen molar-refractivity contribution in [1.29, 1.82) is 0 Å². The Labute approximate surface area is 152 Å². The first-order valence-electron chi connectivity index (χ1n) is 8.18. The summed E-state index contributed by atoms with van der Waals surface area (Å²) in [4.78, 5) is 23.1. The summed E-state index contributed by atoms with van der Waals surface area (Å²) >= 11 is 0. The van der Waals surface area contributed by atoms with Crippen LogP contribution < -0.4 is 5.43 Å². The van der Waals surface area contributed by atoms with Gasteiger partial charge in [0.1, 0.15) is 17.1 Å². The Bertz CT molecular complexity index is 785. The summed E-state index contributed by atoms with van der Waals surface area (Å²) in [6.45, 7) is 7.39. The quantitative estimate of drug-likeness (QED) is 0.496. The van der Waals surface area contributed by atoms with Crippen molar-refractivity contribution in [2.45, 2.75) is 33.3 Å². The number of furan rings is 1. The first-order chi connectivity index (χ1) is 12.3. The molecule has 0 atom stereocenters. The molecule has 7 nitrogen and oxygen atoms in total. The largest absolute Gasteiger partial charge is 0.462 e. The van der Waals surface area contributed by atoms with Crippen LogP contribution in [0.1, 0.15) is 43.8 Å². The third kappa shape index (κ3) is 5.77. The second kappa shape index (κ2) is 8.33. The van der Waals surface area contributed by atoms with Crippen molar-refractivity contribution in [1.82, 2.24) is 5.43 Å². The average molecular weight is 358 g/mol. The number of carbonyl (C=O) groups is 2. The van der Waals surface area contributed by atoms with Crippen LogP contribution in [0.2, 0.25) is 0 Å². The number of hydrogen-bond acceptors (Lipinski definition) is 6. The van der Waals surface area contributed by atoms with Gasteiger partial charge in [-0.2, -0.15) is 5.10 Å². The molecule has 138 valence electrons. The number of hydrazone groups is 1. The van der Waals surface area contributed by atoms with Crippen LogP contribution in [0.3, 0.4) is 0 Å². The molecule has 7 heteroatoms. The maximum atomic E-state index is 11.6. The Hall–Kier alpha value is -3.09. The lowest BCUT2D eigenvalue weighted by atomic mass is 10.1. The first-order valence-corrected chi connectivity index (χ1v) is 8.18. The van der Waals surface area contributed by atoms with E-state index in [4.69, 9.17) is 13.9 Å². The molecule has 0 saturated heterocycles. The van der Waals surface area contributed by atoms with E-state index in [0.717, 1.165) is 5.56 Å². The smallest absolute Gasteiger partial charge is 0.428 e. The number of amides is 1. The zero-order valence-electron chi connectivity index (χ0n) is 15.2. The van der Waals surface area contributed by atoms with Crippen LogP contribution in [0.25, 0.3) is 11.3 Å². The van der Waals surface area contributed by atoms with Crippen molar-refractivity contribution in [2.75, 3.05) is 6.61 Å². The molecule has 1 aromatic carbocycles. The number of carbonyl (C=O) groups excluding carboxylic acids is 2. The van der Waals surface area contributed by atoms with Crippen LogP contribution >= 0.6 is 0 Å². The van der Waals surface area contributed by atoms with Gasteiger partial charge in [-0.15, -0.1) is 0 Å². The van der Waals surface area contributed by atoms with E-state index in [1.807, 2.05) is 0 Å². The normalized spacial score (nSPS) is 11.4. The van der Waals surface area contributed by atoms with E-state index in [9.17, 15) is 9.59 Å². The van der Waals surface area contributed by atoms with E-state index in [0.29, 0.717) is 23.7 Å². The summed E-state index contributed by atoms with van der Waals surface area (Å²) in [5.41, 5.74) is 2.96. The fourth-order valence-corrected chi connectivity index (χ4v) is 2.01.